The summed E-state index contributed by atoms with van der Waals surface area (Å²) in [5.74, 6) is -0.0973. The van der Waals surface area contributed by atoms with Gasteiger partial charge in [-0.3, -0.25) is 9.69 Å². The molecule has 3 rings (SSSR count). The maximum absolute atomic E-state index is 12.0. The fraction of sp³-hybridized carbons (Fsp3) is 0.438. The van der Waals surface area contributed by atoms with Gasteiger partial charge in [0.25, 0.3) is 5.19 Å². The Morgan fingerprint density at radius 1 is 1.31 bits per heavy atom. The van der Waals surface area contributed by atoms with Crippen LogP contribution in [0.15, 0.2) is 18.2 Å². The molecular weight excluding hydrogens is 399 g/mol. The molecule has 1 fully saturated rings. The number of amides is 1. The molecule has 1 aromatic heterocycles. The number of nitrogens with one attached hydrogen (secondary N) is 1. The van der Waals surface area contributed by atoms with Gasteiger partial charge in [0.05, 0.1) is 13.2 Å². The number of hydrogen-bond donors (Lipinski definition) is 1. The predicted octanol–water partition coefficient (Wildman–Crippen LogP) is 3.08. The first kappa shape index (κ1) is 19.3. The van der Waals surface area contributed by atoms with Gasteiger partial charge in [0.2, 0.25) is 11.0 Å². The molecule has 1 N–H and O–H groups in total. The van der Waals surface area contributed by atoms with Gasteiger partial charge in [-0.15, -0.1) is 5.10 Å². The molecule has 10 heteroatoms. The van der Waals surface area contributed by atoms with Crippen LogP contribution in [0.25, 0.3) is 0 Å². The molecule has 1 aliphatic rings. The lowest BCUT2D eigenvalue weighted by molar-refractivity contribution is -0.116. The average Bonchev–Trinajstić information content (AvgIpc) is 3.07. The number of hydrogen-bond acceptors (Lipinski definition) is 7. The summed E-state index contributed by atoms with van der Waals surface area (Å²) >= 11 is 13.1. The SMILES string of the molecule is O=C(CCN1CCOCC1)Nc1nnc(OCc2ccc(Cl)cc2Cl)s1. The van der Waals surface area contributed by atoms with Gasteiger partial charge >= 0.3 is 0 Å². The third kappa shape index (κ3) is 5.78. The van der Waals surface area contributed by atoms with Crippen LogP contribution in [0.3, 0.4) is 0 Å². The highest BCUT2D eigenvalue weighted by Crippen LogP contribution is 2.26. The Hall–Kier alpha value is -1.45. The fourth-order valence-electron chi connectivity index (χ4n) is 2.36. The highest BCUT2D eigenvalue weighted by molar-refractivity contribution is 7.17. The largest absolute Gasteiger partial charge is 0.464 e. The van der Waals surface area contributed by atoms with Crippen molar-refractivity contribution >= 4 is 45.6 Å². The zero-order valence-corrected chi connectivity index (χ0v) is 16.2. The van der Waals surface area contributed by atoms with Crippen LogP contribution in [-0.4, -0.2) is 53.9 Å². The van der Waals surface area contributed by atoms with Crippen molar-refractivity contribution in [2.24, 2.45) is 0 Å². The molecule has 1 amide bonds. The van der Waals surface area contributed by atoms with Gasteiger partial charge in [-0.2, -0.15) is 0 Å². The first-order valence-corrected chi connectivity index (χ1v) is 9.67. The molecule has 0 bridgehead atoms. The van der Waals surface area contributed by atoms with Crippen molar-refractivity contribution < 1.29 is 14.3 Å². The molecule has 7 nitrogen and oxygen atoms in total. The zero-order chi connectivity index (χ0) is 18.4. The molecule has 0 spiro atoms. The fourth-order valence-corrected chi connectivity index (χ4v) is 3.44. The highest BCUT2D eigenvalue weighted by Gasteiger charge is 2.14. The third-order valence-electron chi connectivity index (χ3n) is 3.78. The zero-order valence-electron chi connectivity index (χ0n) is 13.9. The van der Waals surface area contributed by atoms with E-state index in [0.29, 0.717) is 33.3 Å². The molecule has 140 valence electrons. The molecule has 1 aromatic carbocycles. The molecule has 0 radical (unpaired) electrons. The number of carbonyl (C=O) groups excluding carboxylic acids is 1. The van der Waals surface area contributed by atoms with Crippen molar-refractivity contribution in [2.45, 2.75) is 13.0 Å². The number of carbonyl (C=O) groups is 1. The van der Waals surface area contributed by atoms with Crippen LogP contribution in [0.1, 0.15) is 12.0 Å². The Kier molecular flexibility index (Phi) is 7.04. The standard InChI is InChI=1S/C16H18Cl2N4O3S/c17-12-2-1-11(13(18)9-12)10-25-16-21-20-15(26-16)19-14(23)3-4-22-5-7-24-8-6-22/h1-2,9H,3-8,10H2,(H,19,20,23). The predicted molar refractivity (Wildman–Crippen MR) is 101 cm³/mol. The second-order valence-corrected chi connectivity index (χ2v) is 7.43. The molecule has 0 atom stereocenters. The van der Waals surface area contributed by atoms with E-state index >= 15 is 0 Å². The maximum Gasteiger partial charge on any atom is 0.296 e. The molecule has 2 heterocycles. The van der Waals surface area contributed by atoms with E-state index in [2.05, 4.69) is 20.4 Å². The Morgan fingerprint density at radius 3 is 2.88 bits per heavy atom. The van der Waals surface area contributed by atoms with Crippen LogP contribution < -0.4 is 10.1 Å². The summed E-state index contributed by atoms with van der Waals surface area (Å²) in [7, 11) is 0. The first-order valence-electron chi connectivity index (χ1n) is 8.10. The minimum absolute atomic E-state index is 0.0973. The molecule has 0 unspecified atom stereocenters. The summed E-state index contributed by atoms with van der Waals surface area (Å²) in [5.41, 5.74) is 0.794. The Balaban J connectivity index is 1.44. The van der Waals surface area contributed by atoms with E-state index in [1.807, 2.05) is 0 Å². The third-order valence-corrected chi connectivity index (χ3v) is 5.12. The van der Waals surface area contributed by atoms with E-state index in [-0.39, 0.29) is 12.5 Å². The molecule has 0 aliphatic carbocycles. The minimum atomic E-state index is -0.0973. The van der Waals surface area contributed by atoms with E-state index < -0.39 is 0 Å². The van der Waals surface area contributed by atoms with Crippen LogP contribution in [0.2, 0.25) is 10.0 Å². The summed E-state index contributed by atoms with van der Waals surface area (Å²) in [6.45, 7) is 4.10. The van der Waals surface area contributed by atoms with E-state index in [0.717, 1.165) is 31.9 Å². The van der Waals surface area contributed by atoms with Gasteiger partial charge < -0.3 is 14.8 Å². The number of aromatic nitrogens is 2. The van der Waals surface area contributed by atoms with Crippen molar-refractivity contribution in [3.63, 3.8) is 0 Å². The lowest BCUT2D eigenvalue weighted by Gasteiger charge is -2.26. The summed E-state index contributed by atoms with van der Waals surface area (Å²) in [6, 6.07) is 5.19. The van der Waals surface area contributed by atoms with E-state index in [1.54, 1.807) is 18.2 Å². The summed E-state index contributed by atoms with van der Waals surface area (Å²) in [4.78, 5) is 14.2. The molecule has 2 aromatic rings. The van der Waals surface area contributed by atoms with E-state index in [1.165, 1.54) is 11.3 Å². The molecular formula is C16H18Cl2N4O3S. The monoisotopic (exact) mass is 416 g/mol. The van der Waals surface area contributed by atoms with Crippen molar-refractivity contribution in [1.82, 2.24) is 15.1 Å². The van der Waals surface area contributed by atoms with Gasteiger partial charge in [0.1, 0.15) is 6.61 Å². The van der Waals surface area contributed by atoms with Crippen molar-refractivity contribution in [1.29, 1.82) is 0 Å². The van der Waals surface area contributed by atoms with Crippen molar-refractivity contribution in [3.8, 4) is 5.19 Å². The second-order valence-electron chi connectivity index (χ2n) is 5.65. The lowest BCUT2D eigenvalue weighted by Crippen LogP contribution is -2.38. The van der Waals surface area contributed by atoms with Crippen LogP contribution in [0, 0.1) is 0 Å². The van der Waals surface area contributed by atoms with E-state index in [4.69, 9.17) is 32.7 Å². The van der Waals surface area contributed by atoms with Crippen LogP contribution in [-0.2, 0) is 16.1 Å². The topological polar surface area (TPSA) is 76.6 Å². The van der Waals surface area contributed by atoms with Gasteiger partial charge in [-0.25, -0.2) is 0 Å². The first-order chi connectivity index (χ1) is 12.6. The van der Waals surface area contributed by atoms with Crippen LogP contribution in [0.5, 0.6) is 5.19 Å². The molecule has 26 heavy (non-hydrogen) atoms. The minimum Gasteiger partial charge on any atom is -0.464 e. The van der Waals surface area contributed by atoms with Crippen molar-refractivity contribution in [2.75, 3.05) is 38.2 Å². The average molecular weight is 417 g/mol. The van der Waals surface area contributed by atoms with E-state index in [9.17, 15) is 4.79 Å². The molecule has 0 saturated carbocycles. The number of morpholine rings is 1. The number of anilines is 1. The normalized spacial score (nSPS) is 15.0. The summed E-state index contributed by atoms with van der Waals surface area (Å²) < 4.78 is 10.9. The number of ether oxygens (including phenoxy) is 2. The number of halogens is 2. The van der Waals surface area contributed by atoms with Gasteiger partial charge in [-0.05, 0) is 23.5 Å². The van der Waals surface area contributed by atoms with Gasteiger partial charge in [0.15, 0.2) is 0 Å². The van der Waals surface area contributed by atoms with Gasteiger partial charge in [-0.1, -0.05) is 34.4 Å². The quantitative estimate of drug-likeness (QED) is 0.746. The van der Waals surface area contributed by atoms with Crippen LogP contribution >= 0.6 is 34.5 Å². The smallest absolute Gasteiger partial charge is 0.296 e. The Morgan fingerprint density at radius 2 is 2.12 bits per heavy atom. The Bertz CT molecular complexity index is 753. The van der Waals surface area contributed by atoms with Crippen LogP contribution in [0.4, 0.5) is 5.13 Å². The molecule has 1 saturated heterocycles. The van der Waals surface area contributed by atoms with Crippen molar-refractivity contribution in [3.05, 3.63) is 33.8 Å². The number of benzene rings is 1. The molecule has 1 aliphatic heterocycles. The maximum atomic E-state index is 12.0. The van der Waals surface area contributed by atoms with Gasteiger partial charge in [0, 0.05) is 41.7 Å². The highest BCUT2D eigenvalue weighted by atomic mass is 35.5. The number of rotatable bonds is 7. The summed E-state index contributed by atoms with van der Waals surface area (Å²) in [5, 5.41) is 12.4. The lowest BCUT2D eigenvalue weighted by atomic mass is 10.2. The summed E-state index contributed by atoms with van der Waals surface area (Å²) in [6.07, 6.45) is 0.399. The number of nitrogens with zero attached hydrogens (tertiary/aromatic N) is 3. The Labute approximate surface area is 165 Å². The second kappa shape index (κ2) is 9.48.